The molecule has 3 aromatic rings. The molecule has 0 unspecified atom stereocenters. The minimum absolute atomic E-state index is 0.315. The van der Waals surface area contributed by atoms with Crippen molar-refractivity contribution in [1.82, 2.24) is 4.98 Å². The zero-order valence-corrected chi connectivity index (χ0v) is 14.2. The van der Waals surface area contributed by atoms with E-state index in [2.05, 4.69) is 15.6 Å². The van der Waals surface area contributed by atoms with Crippen molar-refractivity contribution < 1.29 is 13.9 Å². The highest BCUT2D eigenvalue weighted by molar-refractivity contribution is 6.04. The average Bonchev–Trinajstić information content (AvgIpc) is 2.68. The van der Waals surface area contributed by atoms with Crippen LogP contribution in [0.2, 0.25) is 0 Å². The van der Waals surface area contributed by atoms with Crippen LogP contribution in [0.4, 0.5) is 15.8 Å². The summed E-state index contributed by atoms with van der Waals surface area (Å²) >= 11 is 0. The number of amides is 1. The van der Waals surface area contributed by atoms with Gasteiger partial charge in [0.25, 0.3) is 5.91 Å². The molecule has 2 N–H and O–H groups in total. The second kappa shape index (κ2) is 8.11. The lowest BCUT2D eigenvalue weighted by Gasteiger charge is -2.11. The van der Waals surface area contributed by atoms with Gasteiger partial charge in [-0.15, -0.1) is 0 Å². The summed E-state index contributed by atoms with van der Waals surface area (Å²) in [6.45, 7) is 0.536. The molecule has 0 saturated carbocycles. The third kappa shape index (κ3) is 4.36. The number of para-hydroxylation sites is 1. The number of hydrogen-bond acceptors (Lipinski definition) is 4. The predicted molar refractivity (Wildman–Crippen MR) is 98.9 cm³/mol. The van der Waals surface area contributed by atoms with Crippen molar-refractivity contribution in [2.45, 2.75) is 6.54 Å². The quantitative estimate of drug-likeness (QED) is 0.702. The predicted octanol–water partition coefficient (Wildman–Crippen LogP) is 4.09. The Labute approximate surface area is 150 Å². The van der Waals surface area contributed by atoms with Crippen LogP contribution in [0.25, 0.3) is 0 Å². The summed E-state index contributed by atoms with van der Waals surface area (Å²) in [4.78, 5) is 16.4. The second-order valence-corrected chi connectivity index (χ2v) is 5.59. The number of aromatic nitrogens is 1. The Hall–Kier alpha value is -3.41. The zero-order chi connectivity index (χ0) is 18.4. The second-order valence-electron chi connectivity index (χ2n) is 5.59. The number of carbonyl (C=O) groups is 1. The minimum Gasteiger partial charge on any atom is -0.496 e. The fourth-order valence-corrected chi connectivity index (χ4v) is 2.44. The van der Waals surface area contributed by atoms with Gasteiger partial charge in [0.15, 0.2) is 0 Å². The van der Waals surface area contributed by atoms with Gasteiger partial charge < -0.3 is 15.4 Å². The third-order valence-corrected chi connectivity index (χ3v) is 3.78. The molecule has 2 aromatic carbocycles. The molecule has 0 spiro atoms. The van der Waals surface area contributed by atoms with Gasteiger partial charge in [0, 0.05) is 30.2 Å². The molecule has 1 amide bonds. The molecule has 0 aliphatic heterocycles. The lowest BCUT2D eigenvalue weighted by molar-refractivity contribution is 0.102. The van der Waals surface area contributed by atoms with Gasteiger partial charge >= 0.3 is 0 Å². The maximum atomic E-state index is 12.9. The summed E-state index contributed by atoms with van der Waals surface area (Å²) in [5.74, 6) is 0.121. The number of carbonyl (C=O) groups excluding carboxylic acids is 1. The topological polar surface area (TPSA) is 63.2 Å². The fourth-order valence-electron chi connectivity index (χ4n) is 2.44. The summed E-state index contributed by atoms with van der Waals surface area (Å²) in [6, 6.07) is 15.0. The number of methoxy groups -OCH3 is 1. The average molecular weight is 351 g/mol. The van der Waals surface area contributed by atoms with E-state index in [1.54, 1.807) is 19.4 Å². The first kappa shape index (κ1) is 17.4. The van der Waals surface area contributed by atoms with Crippen molar-refractivity contribution in [3.63, 3.8) is 0 Å². The van der Waals surface area contributed by atoms with Crippen LogP contribution < -0.4 is 15.4 Å². The van der Waals surface area contributed by atoms with Crippen molar-refractivity contribution in [3.05, 3.63) is 83.9 Å². The van der Waals surface area contributed by atoms with Gasteiger partial charge in [0.1, 0.15) is 11.6 Å². The molecule has 0 atom stereocenters. The molecule has 0 aliphatic carbocycles. The van der Waals surface area contributed by atoms with Crippen LogP contribution in [0.15, 0.2) is 67.0 Å². The number of nitrogens with one attached hydrogen (secondary N) is 2. The van der Waals surface area contributed by atoms with E-state index in [-0.39, 0.29) is 11.7 Å². The molecule has 0 aliphatic rings. The van der Waals surface area contributed by atoms with Crippen LogP contribution in [-0.2, 0) is 6.54 Å². The number of anilines is 2. The van der Waals surface area contributed by atoms with E-state index >= 15 is 0 Å². The smallest absolute Gasteiger partial charge is 0.257 e. The Balaban J connectivity index is 1.67. The van der Waals surface area contributed by atoms with Gasteiger partial charge in [0.2, 0.25) is 0 Å². The van der Waals surface area contributed by atoms with Crippen molar-refractivity contribution in [2.75, 3.05) is 17.7 Å². The molecule has 26 heavy (non-hydrogen) atoms. The van der Waals surface area contributed by atoms with E-state index in [1.807, 2.05) is 24.3 Å². The molecule has 0 radical (unpaired) electrons. The summed E-state index contributed by atoms with van der Waals surface area (Å²) in [5, 5.41) is 5.94. The molecule has 1 aromatic heterocycles. The van der Waals surface area contributed by atoms with Gasteiger partial charge in [0.05, 0.1) is 18.4 Å². The molecule has 0 fully saturated rings. The molecule has 6 heteroatoms. The van der Waals surface area contributed by atoms with E-state index in [4.69, 9.17) is 4.74 Å². The molecular formula is C20H18FN3O2. The number of rotatable bonds is 6. The third-order valence-electron chi connectivity index (χ3n) is 3.78. The summed E-state index contributed by atoms with van der Waals surface area (Å²) in [6.07, 6.45) is 3.12. The monoisotopic (exact) mass is 351 g/mol. The first-order chi connectivity index (χ1) is 12.7. The number of halogens is 1. The number of pyridine rings is 1. The Morgan fingerprint density at radius 1 is 1.08 bits per heavy atom. The highest BCUT2D eigenvalue weighted by Gasteiger charge is 2.08. The number of benzene rings is 2. The Bertz CT molecular complexity index is 898. The van der Waals surface area contributed by atoms with Gasteiger partial charge in [-0.05, 0) is 36.4 Å². The minimum atomic E-state index is -0.354. The van der Waals surface area contributed by atoms with Gasteiger partial charge in [-0.3, -0.25) is 9.78 Å². The Morgan fingerprint density at radius 2 is 1.85 bits per heavy atom. The number of hydrogen-bond donors (Lipinski definition) is 2. The molecular weight excluding hydrogens is 333 g/mol. The molecule has 3 rings (SSSR count). The first-order valence-corrected chi connectivity index (χ1v) is 8.03. The molecule has 0 saturated heterocycles. The van der Waals surface area contributed by atoms with E-state index in [1.165, 1.54) is 30.5 Å². The van der Waals surface area contributed by atoms with Gasteiger partial charge in [-0.25, -0.2) is 4.39 Å². The highest BCUT2D eigenvalue weighted by Crippen LogP contribution is 2.19. The van der Waals surface area contributed by atoms with E-state index in [0.717, 1.165) is 11.3 Å². The lowest BCUT2D eigenvalue weighted by Crippen LogP contribution is -2.13. The first-order valence-electron chi connectivity index (χ1n) is 8.03. The van der Waals surface area contributed by atoms with Crippen LogP contribution >= 0.6 is 0 Å². The Morgan fingerprint density at radius 3 is 2.62 bits per heavy atom. The van der Waals surface area contributed by atoms with Crippen molar-refractivity contribution in [1.29, 1.82) is 0 Å². The van der Waals surface area contributed by atoms with Crippen molar-refractivity contribution >= 4 is 17.3 Å². The van der Waals surface area contributed by atoms with Crippen LogP contribution in [0.1, 0.15) is 15.9 Å². The van der Waals surface area contributed by atoms with E-state index < -0.39 is 0 Å². The standard InChI is InChI=1S/C20H18FN3O2/c1-26-19-5-3-2-4-14(19)12-23-18-10-15(11-22-13-18)20(25)24-17-8-6-16(21)7-9-17/h2-11,13,23H,12H2,1H3,(H,24,25). The van der Waals surface area contributed by atoms with Crippen molar-refractivity contribution in [2.24, 2.45) is 0 Å². The largest absolute Gasteiger partial charge is 0.496 e. The van der Waals surface area contributed by atoms with Crippen LogP contribution in [0, 0.1) is 5.82 Å². The Kier molecular flexibility index (Phi) is 5.43. The van der Waals surface area contributed by atoms with Crippen LogP contribution in [0.3, 0.4) is 0 Å². The van der Waals surface area contributed by atoms with Crippen molar-refractivity contribution in [3.8, 4) is 5.75 Å². The van der Waals surface area contributed by atoms with Gasteiger partial charge in [-0.1, -0.05) is 18.2 Å². The molecule has 0 bridgehead atoms. The van der Waals surface area contributed by atoms with Crippen LogP contribution in [-0.4, -0.2) is 18.0 Å². The highest BCUT2D eigenvalue weighted by atomic mass is 19.1. The maximum absolute atomic E-state index is 12.9. The molecule has 1 heterocycles. The fraction of sp³-hybridized carbons (Fsp3) is 0.100. The van der Waals surface area contributed by atoms with Crippen LogP contribution in [0.5, 0.6) is 5.75 Å². The summed E-state index contributed by atoms with van der Waals surface area (Å²) in [7, 11) is 1.63. The zero-order valence-electron chi connectivity index (χ0n) is 14.2. The van der Waals surface area contributed by atoms with E-state index in [0.29, 0.717) is 23.5 Å². The molecule has 132 valence electrons. The normalized spacial score (nSPS) is 10.2. The molecule has 5 nitrogen and oxygen atoms in total. The van der Waals surface area contributed by atoms with E-state index in [9.17, 15) is 9.18 Å². The SMILES string of the molecule is COc1ccccc1CNc1cncc(C(=O)Nc2ccc(F)cc2)c1. The summed E-state index contributed by atoms with van der Waals surface area (Å²) < 4.78 is 18.3. The van der Waals surface area contributed by atoms with Gasteiger partial charge in [-0.2, -0.15) is 0 Å². The number of nitrogens with zero attached hydrogens (tertiary/aromatic N) is 1. The maximum Gasteiger partial charge on any atom is 0.257 e. The lowest BCUT2D eigenvalue weighted by atomic mass is 10.2. The number of ether oxygens (including phenoxy) is 1. The summed E-state index contributed by atoms with van der Waals surface area (Å²) in [5.41, 5.74) is 2.63.